The minimum atomic E-state index is -0.129. The molecule has 0 aromatic rings. The summed E-state index contributed by atoms with van der Waals surface area (Å²) in [6.07, 6.45) is 6.54. The van der Waals surface area contributed by atoms with Crippen LogP contribution in [-0.2, 0) is 0 Å². The average molecular weight is 211 g/mol. The normalized spacial score (nSPS) is 36.4. The van der Waals surface area contributed by atoms with Crippen molar-refractivity contribution in [2.45, 2.75) is 58.1 Å². The second-order valence-corrected chi connectivity index (χ2v) is 5.84. The molecule has 2 aliphatic rings. The smallest absolute Gasteiger partial charge is 0.0575 e. The van der Waals surface area contributed by atoms with E-state index in [1.54, 1.807) is 0 Å². The van der Waals surface area contributed by atoms with Crippen LogP contribution in [0.25, 0.3) is 0 Å². The lowest BCUT2D eigenvalue weighted by molar-refractivity contribution is 0.114. The molecular formula is C13H25NO. The molecule has 0 amide bonds. The van der Waals surface area contributed by atoms with E-state index >= 15 is 0 Å². The molecule has 4 unspecified atom stereocenters. The van der Waals surface area contributed by atoms with Crippen molar-refractivity contribution in [2.24, 2.45) is 17.8 Å². The summed E-state index contributed by atoms with van der Waals surface area (Å²) < 4.78 is 0. The topological polar surface area (TPSA) is 32.3 Å². The van der Waals surface area contributed by atoms with Crippen LogP contribution >= 0.6 is 0 Å². The van der Waals surface area contributed by atoms with Gasteiger partial charge in [-0.2, -0.15) is 0 Å². The Morgan fingerprint density at radius 3 is 2.60 bits per heavy atom. The summed E-state index contributed by atoms with van der Waals surface area (Å²) >= 11 is 0. The fraction of sp³-hybridized carbons (Fsp3) is 1.00. The molecule has 2 nitrogen and oxygen atoms in total. The van der Waals surface area contributed by atoms with Crippen molar-refractivity contribution in [1.82, 2.24) is 5.32 Å². The zero-order valence-electron chi connectivity index (χ0n) is 10.1. The Kier molecular flexibility index (Phi) is 3.68. The zero-order valence-corrected chi connectivity index (χ0v) is 10.1. The van der Waals surface area contributed by atoms with Crippen molar-refractivity contribution in [1.29, 1.82) is 0 Å². The monoisotopic (exact) mass is 211 g/mol. The molecule has 4 atom stereocenters. The molecule has 2 fully saturated rings. The molecule has 2 rings (SSSR count). The van der Waals surface area contributed by atoms with Crippen LogP contribution in [0.5, 0.6) is 0 Å². The molecule has 2 heteroatoms. The quantitative estimate of drug-likeness (QED) is 0.730. The first-order valence-electron chi connectivity index (χ1n) is 6.58. The maximum atomic E-state index is 9.69. The second-order valence-electron chi connectivity index (χ2n) is 5.84. The fourth-order valence-electron chi connectivity index (χ4n) is 3.24. The number of fused-ring (bicyclic) bond motifs is 2. The van der Waals surface area contributed by atoms with Crippen molar-refractivity contribution in [2.75, 3.05) is 6.54 Å². The number of hydrogen-bond donors (Lipinski definition) is 2. The molecule has 2 bridgehead atoms. The lowest BCUT2D eigenvalue weighted by Crippen LogP contribution is -2.36. The van der Waals surface area contributed by atoms with Crippen LogP contribution in [0.3, 0.4) is 0 Å². The second kappa shape index (κ2) is 4.84. The Morgan fingerprint density at radius 1 is 1.27 bits per heavy atom. The molecular weight excluding hydrogens is 186 g/mol. The van der Waals surface area contributed by atoms with Gasteiger partial charge in [-0.05, 0) is 50.0 Å². The van der Waals surface area contributed by atoms with Crippen LogP contribution in [0.1, 0.15) is 46.0 Å². The number of rotatable bonds is 5. The fourth-order valence-corrected chi connectivity index (χ4v) is 3.24. The highest BCUT2D eigenvalue weighted by Gasteiger charge is 2.38. The van der Waals surface area contributed by atoms with Crippen LogP contribution in [0.4, 0.5) is 0 Å². The third kappa shape index (κ3) is 2.73. The minimum Gasteiger partial charge on any atom is -0.393 e. The van der Waals surface area contributed by atoms with E-state index < -0.39 is 0 Å². The van der Waals surface area contributed by atoms with E-state index in [4.69, 9.17) is 0 Å². The van der Waals surface area contributed by atoms with Gasteiger partial charge in [0.2, 0.25) is 0 Å². The van der Waals surface area contributed by atoms with Crippen molar-refractivity contribution < 1.29 is 5.11 Å². The first kappa shape index (κ1) is 11.4. The number of aliphatic hydroxyl groups excluding tert-OH is 1. The summed E-state index contributed by atoms with van der Waals surface area (Å²) in [4.78, 5) is 0. The van der Waals surface area contributed by atoms with Gasteiger partial charge in [0, 0.05) is 6.04 Å². The predicted octanol–water partition coefficient (Wildman–Crippen LogP) is 2.17. The maximum absolute atomic E-state index is 9.69. The van der Waals surface area contributed by atoms with Crippen LogP contribution in [0.15, 0.2) is 0 Å². The lowest BCUT2D eigenvalue weighted by Gasteiger charge is -2.24. The van der Waals surface area contributed by atoms with E-state index in [-0.39, 0.29) is 6.10 Å². The molecule has 0 radical (unpaired) electrons. The van der Waals surface area contributed by atoms with E-state index in [0.29, 0.717) is 5.92 Å². The summed E-state index contributed by atoms with van der Waals surface area (Å²) in [5.74, 6) is 2.36. The van der Waals surface area contributed by atoms with Gasteiger partial charge < -0.3 is 10.4 Å². The largest absolute Gasteiger partial charge is 0.393 e. The average Bonchev–Trinajstić information content (AvgIpc) is 2.78. The van der Waals surface area contributed by atoms with Gasteiger partial charge in [-0.25, -0.2) is 0 Å². The molecule has 0 spiro atoms. The van der Waals surface area contributed by atoms with Crippen LogP contribution in [0, 0.1) is 17.8 Å². The van der Waals surface area contributed by atoms with Crippen LogP contribution in [-0.4, -0.2) is 23.8 Å². The molecule has 0 aromatic heterocycles. The van der Waals surface area contributed by atoms with Crippen LogP contribution in [0.2, 0.25) is 0 Å². The highest BCUT2D eigenvalue weighted by molar-refractivity contribution is 4.94. The summed E-state index contributed by atoms with van der Waals surface area (Å²) in [5.41, 5.74) is 0. The molecule has 0 aromatic carbocycles. The first-order chi connectivity index (χ1) is 7.16. The molecule has 15 heavy (non-hydrogen) atoms. The first-order valence-corrected chi connectivity index (χ1v) is 6.58. The molecule has 0 heterocycles. The number of aliphatic hydroxyl groups is 1. The van der Waals surface area contributed by atoms with Crippen molar-refractivity contribution in [3.05, 3.63) is 0 Å². The molecule has 88 valence electrons. The van der Waals surface area contributed by atoms with Crippen molar-refractivity contribution in [3.63, 3.8) is 0 Å². The summed E-state index contributed by atoms with van der Waals surface area (Å²) in [5, 5.41) is 13.3. The Hall–Kier alpha value is -0.0800. The van der Waals surface area contributed by atoms with Gasteiger partial charge in [0.1, 0.15) is 0 Å². The van der Waals surface area contributed by atoms with Crippen LogP contribution < -0.4 is 5.32 Å². The maximum Gasteiger partial charge on any atom is 0.0575 e. The Morgan fingerprint density at radius 2 is 2.07 bits per heavy atom. The van der Waals surface area contributed by atoms with Gasteiger partial charge in [0.25, 0.3) is 0 Å². The van der Waals surface area contributed by atoms with Gasteiger partial charge in [0.05, 0.1) is 6.10 Å². The summed E-state index contributed by atoms with van der Waals surface area (Å²) in [6.45, 7) is 5.16. The van der Waals surface area contributed by atoms with E-state index in [1.165, 1.54) is 25.7 Å². The molecule has 0 saturated heterocycles. The van der Waals surface area contributed by atoms with Gasteiger partial charge in [-0.15, -0.1) is 0 Å². The van der Waals surface area contributed by atoms with E-state index in [1.807, 2.05) is 0 Å². The van der Waals surface area contributed by atoms with Gasteiger partial charge in [0.15, 0.2) is 0 Å². The van der Waals surface area contributed by atoms with E-state index in [0.717, 1.165) is 30.8 Å². The van der Waals surface area contributed by atoms with Gasteiger partial charge in [-0.1, -0.05) is 20.3 Å². The highest BCUT2D eigenvalue weighted by atomic mass is 16.3. The lowest BCUT2D eigenvalue weighted by atomic mass is 9.95. The summed E-state index contributed by atoms with van der Waals surface area (Å²) in [6, 6.07) is 0.767. The van der Waals surface area contributed by atoms with Gasteiger partial charge in [-0.3, -0.25) is 0 Å². The standard InChI is InChI=1S/C13H25NO/c1-9(2)13(15)5-6-14-12-8-10-3-4-11(12)7-10/h9-15H,3-8H2,1-2H3. The SMILES string of the molecule is CC(C)C(O)CCNC1CC2CCC1C2. The Bertz CT molecular complexity index is 205. The molecule has 2 N–H and O–H groups in total. The van der Waals surface area contributed by atoms with Crippen molar-refractivity contribution in [3.8, 4) is 0 Å². The predicted molar refractivity (Wildman–Crippen MR) is 62.7 cm³/mol. The Balaban J connectivity index is 1.62. The molecule has 2 aliphatic carbocycles. The molecule has 2 saturated carbocycles. The summed E-state index contributed by atoms with van der Waals surface area (Å²) in [7, 11) is 0. The minimum absolute atomic E-state index is 0.129. The molecule has 0 aliphatic heterocycles. The number of hydrogen-bond acceptors (Lipinski definition) is 2. The van der Waals surface area contributed by atoms with Gasteiger partial charge >= 0.3 is 0 Å². The van der Waals surface area contributed by atoms with Crippen molar-refractivity contribution >= 4 is 0 Å². The third-order valence-electron chi connectivity index (χ3n) is 4.35. The van der Waals surface area contributed by atoms with E-state index in [9.17, 15) is 5.11 Å². The third-order valence-corrected chi connectivity index (χ3v) is 4.35. The van der Waals surface area contributed by atoms with E-state index in [2.05, 4.69) is 19.2 Å². The zero-order chi connectivity index (χ0) is 10.8. The Labute approximate surface area is 93.5 Å². The highest BCUT2D eigenvalue weighted by Crippen LogP contribution is 2.44. The number of nitrogens with one attached hydrogen (secondary N) is 1.